The lowest BCUT2D eigenvalue weighted by Crippen LogP contribution is -2.21. The maximum Gasteiger partial charge on any atom is 0.103 e. The maximum absolute atomic E-state index is 9.34. The van der Waals surface area contributed by atoms with Gasteiger partial charge in [0.2, 0.25) is 0 Å². The van der Waals surface area contributed by atoms with Gasteiger partial charge in [0.15, 0.2) is 0 Å². The summed E-state index contributed by atoms with van der Waals surface area (Å²) in [7, 11) is 0. The molecule has 1 aliphatic heterocycles. The van der Waals surface area contributed by atoms with Crippen LogP contribution < -0.4 is 5.32 Å². The van der Waals surface area contributed by atoms with Crippen LogP contribution in [0.2, 0.25) is 5.02 Å². The molecule has 0 spiro atoms. The zero-order valence-corrected chi connectivity index (χ0v) is 17.7. The van der Waals surface area contributed by atoms with E-state index in [9.17, 15) is 5.26 Å². The third-order valence-corrected chi connectivity index (χ3v) is 5.86. The van der Waals surface area contributed by atoms with Crippen molar-refractivity contribution in [3.8, 4) is 17.2 Å². The number of aromatic nitrogens is 5. The number of fused-ring (bicyclic) bond motifs is 1. The Morgan fingerprint density at radius 1 is 1.10 bits per heavy atom. The summed E-state index contributed by atoms with van der Waals surface area (Å²) in [6, 6.07) is 7.82. The summed E-state index contributed by atoms with van der Waals surface area (Å²) in [5.74, 6) is 0. The van der Waals surface area contributed by atoms with Gasteiger partial charge in [-0.2, -0.15) is 15.5 Å². The monoisotopic (exact) mass is 437 g/mol. The Hall–Kier alpha value is -2.86. The lowest BCUT2D eigenvalue weighted by Gasteiger charge is -2.08. The minimum absolute atomic E-state index is 0.519. The van der Waals surface area contributed by atoms with Crippen molar-refractivity contribution in [1.82, 2.24) is 30.1 Å². The molecule has 7 nitrogen and oxygen atoms in total. The van der Waals surface area contributed by atoms with Crippen molar-refractivity contribution in [3.63, 3.8) is 0 Å². The van der Waals surface area contributed by atoms with Crippen molar-refractivity contribution in [2.45, 2.75) is 29.2 Å². The van der Waals surface area contributed by atoms with Crippen molar-refractivity contribution in [2.75, 3.05) is 13.1 Å². The molecule has 0 aromatic carbocycles. The molecule has 0 unspecified atom stereocenters. The van der Waals surface area contributed by atoms with E-state index in [0.717, 1.165) is 26.6 Å². The summed E-state index contributed by atoms with van der Waals surface area (Å²) in [6.45, 7) is 2.50. The smallest absolute Gasteiger partial charge is 0.103 e. The first-order chi connectivity index (χ1) is 14.7. The molecule has 0 amide bonds. The van der Waals surface area contributed by atoms with E-state index in [4.69, 9.17) is 11.6 Å². The highest BCUT2D eigenvalue weighted by Crippen LogP contribution is 2.34. The molecule has 0 atom stereocenters. The van der Waals surface area contributed by atoms with Crippen molar-refractivity contribution < 1.29 is 0 Å². The normalized spacial score (nSPS) is 13.5. The Labute approximate surface area is 183 Å². The highest BCUT2D eigenvalue weighted by molar-refractivity contribution is 7.99. The number of H-pyrrole nitrogens is 1. The quantitative estimate of drug-likeness (QED) is 0.488. The molecule has 0 radical (unpaired) electrons. The molecule has 1 aliphatic rings. The van der Waals surface area contributed by atoms with Crippen LogP contribution in [0, 0.1) is 11.3 Å². The summed E-state index contributed by atoms with van der Waals surface area (Å²) in [5.41, 5.74) is 3.16. The summed E-state index contributed by atoms with van der Waals surface area (Å²) in [4.78, 5) is 5.20. The van der Waals surface area contributed by atoms with Gasteiger partial charge in [-0.05, 0) is 44.1 Å². The predicted octanol–water partition coefficient (Wildman–Crippen LogP) is 4.56. The minimum atomic E-state index is 0.519. The van der Waals surface area contributed by atoms with Gasteiger partial charge in [-0.1, -0.05) is 29.8 Å². The fourth-order valence-electron chi connectivity index (χ4n) is 3.15. The number of pyridine rings is 2. The standard InChI is InChI=1S/C16H9ClN6S.C5H11N/c17-13-1-2-15(19-8-13)24-14-3-10(12-5-20-21-6-12)9-23-16(14)11(4-18)7-22-23;1-2-4-6-5-3-1/h1-3,5-9H,(H,20,21);6H,1-5H2. The number of halogens is 1. The van der Waals surface area contributed by atoms with Crippen LogP contribution in [0.4, 0.5) is 0 Å². The van der Waals surface area contributed by atoms with E-state index in [1.165, 1.54) is 44.1 Å². The zero-order valence-electron chi connectivity index (χ0n) is 16.2. The molecular weight excluding hydrogens is 418 g/mol. The molecule has 30 heavy (non-hydrogen) atoms. The van der Waals surface area contributed by atoms with E-state index >= 15 is 0 Å². The molecule has 0 saturated carbocycles. The number of rotatable bonds is 3. The molecule has 0 aliphatic carbocycles. The number of hydrogen-bond acceptors (Lipinski definition) is 6. The van der Waals surface area contributed by atoms with E-state index in [1.807, 2.05) is 24.5 Å². The van der Waals surface area contributed by atoms with Crippen LogP contribution in [0.1, 0.15) is 24.8 Å². The van der Waals surface area contributed by atoms with Crippen molar-refractivity contribution in [1.29, 1.82) is 5.26 Å². The van der Waals surface area contributed by atoms with Crippen molar-refractivity contribution in [2.24, 2.45) is 0 Å². The van der Waals surface area contributed by atoms with Gasteiger partial charge in [0.05, 0.1) is 28.5 Å². The Morgan fingerprint density at radius 3 is 2.57 bits per heavy atom. The lowest BCUT2D eigenvalue weighted by molar-refractivity contribution is 0.520. The largest absolute Gasteiger partial charge is 0.317 e. The number of aromatic amines is 1. The van der Waals surface area contributed by atoms with Gasteiger partial charge in [0, 0.05) is 34.6 Å². The summed E-state index contributed by atoms with van der Waals surface area (Å²) < 4.78 is 1.71. The summed E-state index contributed by atoms with van der Waals surface area (Å²) in [6.07, 6.45) is 12.8. The van der Waals surface area contributed by atoms with Crippen LogP contribution in [0.5, 0.6) is 0 Å². The van der Waals surface area contributed by atoms with E-state index in [0.29, 0.717) is 10.6 Å². The Morgan fingerprint density at radius 2 is 1.97 bits per heavy atom. The predicted molar refractivity (Wildman–Crippen MR) is 118 cm³/mol. The highest BCUT2D eigenvalue weighted by atomic mass is 35.5. The number of nitriles is 1. The second kappa shape index (κ2) is 9.76. The average molecular weight is 438 g/mol. The van der Waals surface area contributed by atoms with Crippen LogP contribution in [-0.4, -0.2) is 37.9 Å². The van der Waals surface area contributed by atoms with E-state index < -0.39 is 0 Å². The molecule has 152 valence electrons. The van der Waals surface area contributed by atoms with Gasteiger partial charge < -0.3 is 5.32 Å². The third kappa shape index (κ3) is 4.82. The molecule has 5 heterocycles. The molecule has 5 rings (SSSR count). The second-order valence-corrected chi connectivity index (χ2v) is 8.27. The first-order valence-electron chi connectivity index (χ1n) is 9.65. The highest BCUT2D eigenvalue weighted by Gasteiger charge is 2.14. The third-order valence-electron chi connectivity index (χ3n) is 4.65. The maximum atomic E-state index is 9.34. The van der Waals surface area contributed by atoms with Crippen LogP contribution in [0.15, 0.2) is 59.1 Å². The fraction of sp³-hybridized carbons (Fsp3) is 0.238. The van der Waals surface area contributed by atoms with Crippen molar-refractivity contribution >= 4 is 28.9 Å². The minimum Gasteiger partial charge on any atom is -0.317 e. The van der Waals surface area contributed by atoms with Gasteiger partial charge in [0.25, 0.3) is 0 Å². The van der Waals surface area contributed by atoms with Gasteiger partial charge in [-0.15, -0.1) is 0 Å². The first-order valence-corrected chi connectivity index (χ1v) is 10.8. The van der Waals surface area contributed by atoms with E-state index in [2.05, 4.69) is 31.7 Å². The first kappa shape index (κ1) is 20.4. The second-order valence-electron chi connectivity index (χ2n) is 6.77. The van der Waals surface area contributed by atoms with Crippen LogP contribution in [0.3, 0.4) is 0 Å². The zero-order chi connectivity index (χ0) is 20.8. The van der Waals surface area contributed by atoms with Crippen LogP contribution in [-0.2, 0) is 0 Å². The Kier molecular flexibility index (Phi) is 6.64. The van der Waals surface area contributed by atoms with Crippen LogP contribution >= 0.6 is 23.4 Å². The van der Waals surface area contributed by atoms with Crippen molar-refractivity contribution in [3.05, 3.63) is 59.8 Å². The summed E-state index contributed by atoms with van der Waals surface area (Å²) in [5, 5.41) is 25.1. The molecule has 1 fully saturated rings. The number of hydrogen-bond donors (Lipinski definition) is 2. The van der Waals surface area contributed by atoms with E-state index in [-0.39, 0.29) is 0 Å². The summed E-state index contributed by atoms with van der Waals surface area (Å²) >= 11 is 7.35. The van der Waals surface area contributed by atoms with Crippen LogP contribution in [0.25, 0.3) is 16.6 Å². The molecule has 1 saturated heterocycles. The molecule has 2 N–H and O–H groups in total. The van der Waals surface area contributed by atoms with Gasteiger partial charge in [-0.3, -0.25) is 5.10 Å². The topological polar surface area (TPSA) is 94.7 Å². The molecule has 4 aromatic heterocycles. The Balaban J connectivity index is 0.000000313. The van der Waals surface area contributed by atoms with E-state index in [1.54, 1.807) is 29.2 Å². The van der Waals surface area contributed by atoms with Gasteiger partial charge >= 0.3 is 0 Å². The molecular formula is C21H20ClN7S. The Bertz CT molecular complexity index is 1130. The fourth-order valence-corrected chi connectivity index (χ4v) is 4.21. The number of nitrogens with one attached hydrogen (secondary N) is 2. The van der Waals surface area contributed by atoms with Gasteiger partial charge in [-0.25, -0.2) is 9.50 Å². The van der Waals surface area contributed by atoms with Gasteiger partial charge in [0.1, 0.15) is 11.1 Å². The average Bonchev–Trinajstić information content (AvgIpc) is 3.47. The molecule has 4 aromatic rings. The SMILES string of the molecule is C1CCNCC1.N#Cc1cnn2cc(-c3cn[nH]c3)cc(Sc3ccc(Cl)cn3)c12. The molecule has 0 bridgehead atoms. The number of nitrogens with zero attached hydrogens (tertiary/aromatic N) is 5. The molecule has 9 heteroatoms. The number of piperidine rings is 1. The lowest BCUT2D eigenvalue weighted by atomic mass is 10.1.